The molecule has 33 heavy (non-hydrogen) atoms. The number of nitrogens with one attached hydrogen (secondary N) is 1. The van der Waals surface area contributed by atoms with Gasteiger partial charge in [0.15, 0.2) is 5.78 Å². The molecule has 0 saturated carbocycles. The van der Waals surface area contributed by atoms with Crippen LogP contribution in [0.1, 0.15) is 62.4 Å². The van der Waals surface area contributed by atoms with Crippen LogP contribution in [0.4, 0.5) is 4.39 Å². The van der Waals surface area contributed by atoms with E-state index >= 15 is 0 Å². The van der Waals surface area contributed by atoms with Crippen molar-refractivity contribution in [3.8, 4) is 17.0 Å². The van der Waals surface area contributed by atoms with E-state index in [0.29, 0.717) is 17.7 Å². The number of aromatic amines is 1. The van der Waals surface area contributed by atoms with Crippen LogP contribution in [-0.4, -0.2) is 27.6 Å². The summed E-state index contributed by atoms with van der Waals surface area (Å²) in [6.07, 6.45) is 7.71. The van der Waals surface area contributed by atoms with Crippen LogP contribution in [-0.2, 0) is 17.6 Å². The summed E-state index contributed by atoms with van der Waals surface area (Å²) >= 11 is 0. The zero-order valence-corrected chi connectivity index (χ0v) is 19.6. The van der Waals surface area contributed by atoms with Crippen molar-refractivity contribution in [1.82, 2.24) is 15.2 Å². The smallest absolute Gasteiger partial charge is 0.170 e. The number of nitrogens with zero attached hydrogens (tertiary/aromatic N) is 2. The molecular formula is C27H30FN3O2. The number of hydrogen-bond donors (Lipinski definition) is 1. The van der Waals surface area contributed by atoms with Gasteiger partial charge in [-0.3, -0.25) is 14.9 Å². The number of rotatable bonds is 7. The SMILES string of the molecule is C/C=C(/C(=O)C1COc2ccc(F)cc2C1)c1cnc(-c2cn[nH]c2CC)cc1C(C)CC. The van der Waals surface area contributed by atoms with Crippen LogP contribution < -0.4 is 4.74 Å². The Morgan fingerprint density at radius 3 is 2.85 bits per heavy atom. The van der Waals surface area contributed by atoms with E-state index in [1.54, 1.807) is 12.3 Å². The van der Waals surface area contributed by atoms with Gasteiger partial charge in [-0.15, -0.1) is 0 Å². The highest BCUT2D eigenvalue weighted by Gasteiger charge is 2.30. The maximum Gasteiger partial charge on any atom is 0.170 e. The lowest BCUT2D eigenvalue weighted by atomic mass is 9.83. The molecule has 172 valence electrons. The highest BCUT2D eigenvalue weighted by atomic mass is 19.1. The molecule has 2 unspecified atom stereocenters. The van der Waals surface area contributed by atoms with E-state index < -0.39 is 0 Å². The number of ether oxygens (including phenoxy) is 1. The van der Waals surface area contributed by atoms with Crippen molar-refractivity contribution in [2.45, 2.75) is 52.9 Å². The molecule has 5 nitrogen and oxygen atoms in total. The molecule has 0 fully saturated rings. The topological polar surface area (TPSA) is 67.9 Å². The van der Waals surface area contributed by atoms with Gasteiger partial charge in [-0.1, -0.05) is 26.8 Å². The molecule has 0 amide bonds. The third-order valence-corrected chi connectivity index (χ3v) is 6.57. The van der Waals surface area contributed by atoms with Gasteiger partial charge in [0.25, 0.3) is 0 Å². The number of carbonyl (C=O) groups is 1. The number of carbonyl (C=O) groups excluding carboxylic acids is 1. The second-order valence-electron chi connectivity index (χ2n) is 8.61. The number of pyridine rings is 1. The number of aryl methyl sites for hydroxylation is 1. The molecule has 1 aliphatic rings. The van der Waals surface area contributed by atoms with E-state index in [-0.39, 0.29) is 30.0 Å². The summed E-state index contributed by atoms with van der Waals surface area (Å²) in [7, 11) is 0. The monoisotopic (exact) mass is 447 g/mol. The summed E-state index contributed by atoms with van der Waals surface area (Å²) < 4.78 is 19.5. The molecule has 0 spiro atoms. The average molecular weight is 448 g/mol. The molecule has 3 aromatic rings. The van der Waals surface area contributed by atoms with Gasteiger partial charge in [-0.05, 0) is 67.5 Å². The summed E-state index contributed by atoms with van der Waals surface area (Å²) in [5.41, 5.74) is 6.20. The lowest BCUT2D eigenvalue weighted by molar-refractivity contribution is -0.118. The molecule has 1 N–H and O–H groups in total. The van der Waals surface area contributed by atoms with Crippen molar-refractivity contribution in [2.24, 2.45) is 5.92 Å². The number of allylic oxidation sites excluding steroid dienone is 2. The molecule has 2 aromatic heterocycles. The number of halogens is 1. The van der Waals surface area contributed by atoms with Crippen LogP contribution in [0.15, 0.2) is 42.7 Å². The molecule has 0 bridgehead atoms. The van der Waals surface area contributed by atoms with E-state index in [9.17, 15) is 9.18 Å². The summed E-state index contributed by atoms with van der Waals surface area (Å²) in [6, 6.07) is 6.56. The first kappa shape index (κ1) is 22.9. The van der Waals surface area contributed by atoms with Gasteiger partial charge in [-0.25, -0.2) is 4.39 Å². The Morgan fingerprint density at radius 1 is 1.30 bits per heavy atom. The fourth-order valence-corrected chi connectivity index (χ4v) is 4.46. The number of hydrogen-bond acceptors (Lipinski definition) is 4. The molecule has 3 heterocycles. The normalized spacial score (nSPS) is 16.8. The number of Topliss-reactive ketones (excluding diaryl/α,β-unsaturated/α-hetero) is 1. The van der Waals surface area contributed by atoms with Crippen molar-refractivity contribution in [3.05, 3.63) is 70.9 Å². The predicted octanol–water partition coefficient (Wildman–Crippen LogP) is 5.91. The van der Waals surface area contributed by atoms with Crippen molar-refractivity contribution in [3.63, 3.8) is 0 Å². The molecule has 2 atom stereocenters. The van der Waals surface area contributed by atoms with E-state index in [4.69, 9.17) is 9.72 Å². The maximum absolute atomic E-state index is 13.7. The van der Waals surface area contributed by atoms with E-state index in [1.807, 2.05) is 19.2 Å². The lowest BCUT2D eigenvalue weighted by Gasteiger charge is -2.26. The van der Waals surface area contributed by atoms with E-state index in [2.05, 4.69) is 37.0 Å². The number of fused-ring (bicyclic) bond motifs is 1. The summed E-state index contributed by atoms with van der Waals surface area (Å²) in [5.74, 6) is 0.223. The second kappa shape index (κ2) is 9.69. The largest absolute Gasteiger partial charge is 0.493 e. The third kappa shape index (κ3) is 4.47. The van der Waals surface area contributed by atoms with Crippen molar-refractivity contribution >= 4 is 11.4 Å². The summed E-state index contributed by atoms with van der Waals surface area (Å²) in [6.45, 7) is 8.55. The highest BCUT2D eigenvalue weighted by Crippen LogP contribution is 2.35. The Morgan fingerprint density at radius 2 is 2.12 bits per heavy atom. The first-order chi connectivity index (χ1) is 16.0. The summed E-state index contributed by atoms with van der Waals surface area (Å²) in [4.78, 5) is 18.3. The van der Waals surface area contributed by atoms with Crippen LogP contribution in [0.25, 0.3) is 16.8 Å². The molecule has 0 aliphatic carbocycles. The molecule has 6 heteroatoms. The van der Waals surface area contributed by atoms with Gasteiger partial charge in [0.2, 0.25) is 0 Å². The standard InChI is InChI=1S/C27H30FN3O2/c1-5-16(4)21-12-25(23-14-30-31-24(23)7-3)29-13-22(21)20(6-2)27(32)18-10-17-11-19(28)8-9-26(17)33-15-18/h6,8-9,11-14,16,18H,5,7,10,15H2,1-4H3,(H,30,31)/b20-6+. The van der Waals surface area contributed by atoms with Crippen molar-refractivity contribution in [1.29, 1.82) is 0 Å². The Kier molecular flexibility index (Phi) is 6.72. The maximum atomic E-state index is 13.7. The molecule has 1 aromatic carbocycles. The molecule has 0 saturated heterocycles. The van der Waals surface area contributed by atoms with E-state index in [0.717, 1.165) is 46.5 Å². The fraction of sp³-hybridized carbons (Fsp3) is 0.370. The lowest BCUT2D eigenvalue weighted by Crippen LogP contribution is -2.29. The van der Waals surface area contributed by atoms with Gasteiger partial charge in [-0.2, -0.15) is 5.10 Å². The van der Waals surface area contributed by atoms with Crippen LogP contribution in [0.3, 0.4) is 0 Å². The molecule has 1 aliphatic heterocycles. The summed E-state index contributed by atoms with van der Waals surface area (Å²) in [5, 5.41) is 7.22. The van der Waals surface area contributed by atoms with Crippen LogP contribution in [0.5, 0.6) is 5.75 Å². The Labute approximate surface area is 194 Å². The van der Waals surface area contributed by atoms with E-state index in [1.165, 1.54) is 12.1 Å². The zero-order valence-electron chi connectivity index (χ0n) is 19.6. The Bertz CT molecular complexity index is 1200. The minimum absolute atomic E-state index is 0.00377. The van der Waals surface area contributed by atoms with Crippen molar-refractivity contribution in [2.75, 3.05) is 6.61 Å². The van der Waals surface area contributed by atoms with Gasteiger partial charge in [0, 0.05) is 28.6 Å². The van der Waals surface area contributed by atoms with Crippen LogP contribution in [0.2, 0.25) is 0 Å². The minimum Gasteiger partial charge on any atom is -0.493 e. The average Bonchev–Trinajstić information content (AvgIpc) is 3.32. The quantitative estimate of drug-likeness (QED) is 0.457. The van der Waals surface area contributed by atoms with Crippen LogP contribution in [0, 0.1) is 11.7 Å². The first-order valence-corrected chi connectivity index (χ1v) is 11.6. The van der Waals surface area contributed by atoms with Gasteiger partial charge >= 0.3 is 0 Å². The molecule has 4 rings (SSSR count). The number of aromatic nitrogens is 3. The number of benzene rings is 1. The fourth-order valence-electron chi connectivity index (χ4n) is 4.46. The number of H-pyrrole nitrogens is 1. The zero-order chi connectivity index (χ0) is 23.5. The number of ketones is 1. The molecule has 0 radical (unpaired) electrons. The Hall–Kier alpha value is -3.28. The van der Waals surface area contributed by atoms with Crippen LogP contribution >= 0.6 is 0 Å². The van der Waals surface area contributed by atoms with Gasteiger partial charge in [0.1, 0.15) is 11.6 Å². The Balaban J connectivity index is 1.69. The minimum atomic E-state index is -0.365. The first-order valence-electron chi connectivity index (χ1n) is 11.6. The van der Waals surface area contributed by atoms with Crippen molar-refractivity contribution < 1.29 is 13.9 Å². The highest BCUT2D eigenvalue weighted by molar-refractivity contribution is 6.22. The van der Waals surface area contributed by atoms with Gasteiger partial charge < -0.3 is 4.74 Å². The molecular weight excluding hydrogens is 417 g/mol. The van der Waals surface area contributed by atoms with Gasteiger partial charge in [0.05, 0.1) is 24.4 Å². The second-order valence-corrected chi connectivity index (χ2v) is 8.61. The third-order valence-electron chi connectivity index (χ3n) is 6.57. The predicted molar refractivity (Wildman–Crippen MR) is 128 cm³/mol.